The van der Waals surface area contributed by atoms with E-state index in [0.29, 0.717) is 23.6 Å². The Balaban J connectivity index is 1.63. The topological polar surface area (TPSA) is 100 Å². The van der Waals surface area contributed by atoms with E-state index in [9.17, 15) is 14.7 Å². The van der Waals surface area contributed by atoms with Gasteiger partial charge >= 0.3 is 11.8 Å². The molecule has 0 spiro atoms. The SMILES string of the molecule is CCOc1ccc(NC(=O)C(=O)NN=Cc2c(O)ccc3ccccc23)cc1. The molecule has 3 rings (SSSR count). The lowest BCUT2D eigenvalue weighted by Gasteiger charge is -2.06. The van der Waals surface area contributed by atoms with E-state index in [1.54, 1.807) is 36.4 Å². The van der Waals surface area contributed by atoms with Gasteiger partial charge in [0.15, 0.2) is 0 Å². The summed E-state index contributed by atoms with van der Waals surface area (Å²) in [5.41, 5.74) is 3.06. The van der Waals surface area contributed by atoms with Gasteiger partial charge in [-0.25, -0.2) is 5.43 Å². The summed E-state index contributed by atoms with van der Waals surface area (Å²) < 4.78 is 5.32. The van der Waals surface area contributed by atoms with E-state index in [0.717, 1.165) is 10.8 Å². The van der Waals surface area contributed by atoms with Gasteiger partial charge in [0.1, 0.15) is 11.5 Å². The van der Waals surface area contributed by atoms with Crippen LogP contribution in [-0.4, -0.2) is 29.7 Å². The number of carbonyl (C=O) groups excluding carboxylic acids is 2. The van der Waals surface area contributed by atoms with Crippen LogP contribution < -0.4 is 15.5 Å². The van der Waals surface area contributed by atoms with Crippen molar-refractivity contribution in [3.63, 3.8) is 0 Å². The minimum absolute atomic E-state index is 0.0236. The number of hydrogen-bond donors (Lipinski definition) is 3. The molecule has 0 radical (unpaired) electrons. The predicted molar refractivity (Wildman–Crippen MR) is 108 cm³/mol. The van der Waals surface area contributed by atoms with Crippen LogP contribution in [-0.2, 0) is 9.59 Å². The average Bonchev–Trinajstić information content (AvgIpc) is 2.71. The Morgan fingerprint density at radius 3 is 2.54 bits per heavy atom. The molecule has 0 aliphatic rings. The minimum atomic E-state index is -0.926. The largest absolute Gasteiger partial charge is 0.507 e. The van der Waals surface area contributed by atoms with Crippen LogP contribution in [0.2, 0.25) is 0 Å². The van der Waals surface area contributed by atoms with Gasteiger partial charge < -0.3 is 15.2 Å². The molecule has 0 unspecified atom stereocenters. The fourth-order valence-electron chi connectivity index (χ4n) is 2.62. The summed E-state index contributed by atoms with van der Waals surface area (Å²) in [5.74, 6) is -1.09. The molecule has 0 saturated carbocycles. The molecule has 0 aromatic heterocycles. The van der Waals surface area contributed by atoms with Gasteiger partial charge in [-0.1, -0.05) is 30.3 Å². The summed E-state index contributed by atoms with van der Waals surface area (Å²) in [6, 6.07) is 17.4. The van der Waals surface area contributed by atoms with Crippen LogP contribution in [0.5, 0.6) is 11.5 Å². The van der Waals surface area contributed by atoms with Crippen molar-refractivity contribution in [1.82, 2.24) is 5.43 Å². The zero-order valence-electron chi connectivity index (χ0n) is 15.2. The number of fused-ring (bicyclic) bond motifs is 1. The third-order valence-electron chi connectivity index (χ3n) is 3.94. The van der Waals surface area contributed by atoms with Crippen LogP contribution in [0.15, 0.2) is 65.8 Å². The maximum atomic E-state index is 12.0. The summed E-state index contributed by atoms with van der Waals surface area (Å²) in [6.45, 7) is 2.41. The first kappa shape index (κ1) is 18.9. The van der Waals surface area contributed by atoms with Crippen molar-refractivity contribution >= 4 is 34.5 Å². The molecule has 0 atom stereocenters. The Labute approximate surface area is 161 Å². The van der Waals surface area contributed by atoms with Crippen LogP contribution in [0.3, 0.4) is 0 Å². The molecule has 7 nitrogen and oxygen atoms in total. The van der Waals surface area contributed by atoms with Gasteiger partial charge in [0.05, 0.1) is 12.8 Å². The second-order valence-corrected chi connectivity index (χ2v) is 5.83. The maximum absolute atomic E-state index is 12.0. The summed E-state index contributed by atoms with van der Waals surface area (Å²) in [7, 11) is 0. The Hall–Kier alpha value is -3.87. The first-order valence-corrected chi connectivity index (χ1v) is 8.66. The molecule has 0 fully saturated rings. The number of ether oxygens (including phenoxy) is 1. The normalized spacial score (nSPS) is 10.8. The summed E-state index contributed by atoms with van der Waals surface area (Å²) in [5, 5.41) is 18.0. The van der Waals surface area contributed by atoms with Crippen molar-refractivity contribution < 1.29 is 19.4 Å². The van der Waals surface area contributed by atoms with E-state index in [2.05, 4.69) is 15.8 Å². The highest BCUT2D eigenvalue weighted by Gasteiger charge is 2.13. The van der Waals surface area contributed by atoms with Crippen molar-refractivity contribution in [2.45, 2.75) is 6.92 Å². The van der Waals surface area contributed by atoms with E-state index in [-0.39, 0.29) is 5.75 Å². The van der Waals surface area contributed by atoms with Crippen LogP contribution in [0.1, 0.15) is 12.5 Å². The van der Waals surface area contributed by atoms with Crippen LogP contribution in [0.4, 0.5) is 5.69 Å². The second kappa shape index (κ2) is 8.68. The molecule has 3 N–H and O–H groups in total. The quantitative estimate of drug-likeness (QED) is 0.361. The average molecular weight is 377 g/mol. The second-order valence-electron chi connectivity index (χ2n) is 5.83. The van der Waals surface area contributed by atoms with Gasteiger partial charge in [0, 0.05) is 11.3 Å². The molecule has 0 heterocycles. The standard InChI is InChI=1S/C21H19N3O4/c1-2-28-16-10-8-15(9-11-16)23-20(26)21(27)24-22-13-18-17-6-4-3-5-14(17)7-12-19(18)25/h3-13,25H,2H2,1H3,(H,23,26)(H,24,27). The fraction of sp³-hybridized carbons (Fsp3) is 0.0952. The number of aromatic hydroxyl groups is 1. The highest BCUT2D eigenvalue weighted by Crippen LogP contribution is 2.25. The summed E-state index contributed by atoms with van der Waals surface area (Å²) in [6.07, 6.45) is 1.31. The third-order valence-corrected chi connectivity index (χ3v) is 3.94. The van der Waals surface area contributed by atoms with Gasteiger partial charge in [0.2, 0.25) is 0 Å². The minimum Gasteiger partial charge on any atom is -0.507 e. The lowest BCUT2D eigenvalue weighted by atomic mass is 10.0. The summed E-state index contributed by atoms with van der Waals surface area (Å²) >= 11 is 0. The van der Waals surface area contributed by atoms with Crippen LogP contribution in [0, 0.1) is 0 Å². The number of nitrogens with zero attached hydrogens (tertiary/aromatic N) is 1. The Kier molecular flexibility index (Phi) is 5.86. The molecule has 0 bridgehead atoms. The van der Waals surface area contributed by atoms with Gasteiger partial charge in [-0.15, -0.1) is 0 Å². The van der Waals surface area contributed by atoms with Gasteiger partial charge in [0.25, 0.3) is 0 Å². The number of hydrazone groups is 1. The van der Waals surface area contributed by atoms with E-state index in [4.69, 9.17) is 4.74 Å². The molecular weight excluding hydrogens is 358 g/mol. The first-order valence-electron chi connectivity index (χ1n) is 8.66. The number of rotatable bonds is 5. The lowest BCUT2D eigenvalue weighted by Crippen LogP contribution is -2.32. The maximum Gasteiger partial charge on any atom is 0.329 e. The zero-order valence-corrected chi connectivity index (χ0v) is 15.2. The summed E-state index contributed by atoms with van der Waals surface area (Å²) in [4.78, 5) is 23.9. The molecule has 0 aliphatic carbocycles. The number of amides is 2. The number of benzene rings is 3. The van der Waals surface area contributed by atoms with Crippen molar-refractivity contribution in [3.05, 3.63) is 66.2 Å². The Morgan fingerprint density at radius 2 is 1.79 bits per heavy atom. The molecule has 28 heavy (non-hydrogen) atoms. The Bertz CT molecular complexity index is 1030. The lowest BCUT2D eigenvalue weighted by molar-refractivity contribution is -0.136. The van der Waals surface area contributed by atoms with E-state index >= 15 is 0 Å². The molecule has 2 amide bonds. The van der Waals surface area contributed by atoms with E-state index in [1.807, 2.05) is 31.2 Å². The molecular formula is C21H19N3O4. The number of hydrogen-bond acceptors (Lipinski definition) is 5. The van der Waals surface area contributed by atoms with Crippen LogP contribution >= 0.6 is 0 Å². The Morgan fingerprint density at radius 1 is 1.04 bits per heavy atom. The van der Waals surface area contributed by atoms with Crippen LogP contribution in [0.25, 0.3) is 10.8 Å². The number of phenolic OH excluding ortho intramolecular Hbond substituents is 1. The number of anilines is 1. The van der Waals surface area contributed by atoms with Crippen molar-refractivity contribution in [1.29, 1.82) is 0 Å². The van der Waals surface area contributed by atoms with Gasteiger partial charge in [-0.2, -0.15) is 5.10 Å². The third kappa shape index (κ3) is 4.45. The molecule has 0 saturated heterocycles. The molecule has 142 valence electrons. The molecule has 0 aliphatic heterocycles. The van der Waals surface area contributed by atoms with Gasteiger partial charge in [-0.05, 0) is 48.0 Å². The monoisotopic (exact) mass is 377 g/mol. The first-order chi connectivity index (χ1) is 13.6. The predicted octanol–water partition coefficient (Wildman–Crippen LogP) is 3.03. The van der Waals surface area contributed by atoms with Crippen molar-refractivity contribution in [3.8, 4) is 11.5 Å². The molecule has 3 aromatic rings. The zero-order chi connectivity index (χ0) is 19.9. The highest BCUT2D eigenvalue weighted by atomic mass is 16.5. The van der Waals surface area contributed by atoms with Gasteiger partial charge in [-0.3, -0.25) is 9.59 Å². The van der Waals surface area contributed by atoms with E-state index in [1.165, 1.54) is 6.21 Å². The molecule has 7 heteroatoms. The number of carbonyl (C=O) groups is 2. The van der Waals surface area contributed by atoms with Crippen molar-refractivity contribution in [2.75, 3.05) is 11.9 Å². The number of nitrogens with one attached hydrogen (secondary N) is 2. The highest BCUT2D eigenvalue weighted by molar-refractivity contribution is 6.39. The smallest absolute Gasteiger partial charge is 0.329 e. The molecule has 3 aromatic carbocycles. The van der Waals surface area contributed by atoms with E-state index < -0.39 is 11.8 Å². The fourth-order valence-corrected chi connectivity index (χ4v) is 2.62. The number of phenols is 1. The van der Waals surface area contributed by atoms with Crippen molar-refractivity contribution in [2.24, 2.45) is 5.10 Å².